The van der Waals surface area contributed by atoms with Crippen LogP contribution >= 0.6 is 0 Å². The van der Waals surface area contributed by atoms with E-state index in [2.05, 4.69) is 53.5 Å². The molecule has 0 unspecified atom stereocenters. The molecular weight excluding hydrogens is 298 g/mol. The summed E-state index contributed by atoms with van der Waals surface area (Å²) < 4.78 is 5.25. The van der Waals surface area contributed by atoms with Gasteiger partial charge in [-0.25, -0.2) is 4.99 Å². The second-order valence-corrected chi connectivity index (χ2v) is 6.13. The third-order valence-corrected chi connectivity index (χ3v) is 4.30. The highest BCUT2D eigenvalue weighted by Crippen LogP contribution is 2.17. The minimum absolute atomic E-state index is 0.831. The molecule has 0 spiro atoms. The molecule has 2 aromatic carbocycles. The van der Waals surface area contributed by atoms with Gasteiger partial charge in [-0.1, -0.05) is 29.8 Å². The standard InChI is InChI=1S/C20H25N3O/c1-16-3-7-18(8-4-16)22-20(23-13-11-21-12-14-23)15-17-5-9-19(24-2)10-6-17/h3-10,21H,11-15H2,1-2H3. The van der Waals surface area contributed by atoms with Crippen molar-refractivity contribution in [3.05, 3.63) is 59.7 Å². The van der Waals surface area contributed by atoms with E-state index in [0.29, 0.717) is 0 Å². The van der Waals surface area contributed by atoms with Gasteiger partial charge in [-0.15, -0.1) is 0 Å². The van der Waals surface area contributed by atoms with Gasteiger partial charge in [-0.3, -0.25) is 0 Å². The van der Waals surface area contributed by atoms with Crippen molar-refractivity contribution in [2.75, 3.05) is 33.3 Å². The van der Waals surface area contributed by atoms with Gasteiger partial charge >= 0.3 is 0 Å². The summed E-state index contributed by atoms with van der Waals surface area (Å²) >= 11 is 0. The summed E-state index contributed by atoms with van der Waals surface area (Å²) in [5, 5.41) is 3.41. The lowest BCUT2D eigenvalue weighted by atomic mass is 10.1. The first-order chi connectivity index (χ1) is 11.7. The van der Waals surface area contributed by atoms with Crippen molar-refractivity contribution < 1.29 is 4.74 Å². The molecule has 2 aromatic rings. The third-order valence-electron chi connectivity index (χ3n) is 4.30. The van der Waals surface area contributed by atoms with Gasteiger partial charge in [0, 0.05) is 32.6 Å². The lowest BCUT2D eigenvalue weighted by Gasteiger charge is -2.30. The normalized spacial score (nSPS) is 15.4. The third kappa shape index (κ3) is 4.36. The Morgan fingerprint density at radius 2 is 1.71 bits per heavy atom. The molecule has 1 heterocycles. The number of nitrogens with one attached hydrogen (secondary N) is 1. The van der Waals surface area contributed by atoms with Crippen LogP contribution < -0.4 is 10.1 Å². The molecule has 1 aliphatic heterocycles. The second-order valence-electron chi connectivity index (χ2n) is 6.13. The van der Waals surface area contributed by atoms with E-state index >= 15 is 0 Å². The maximum atomic E-state index is 5.25. The number of ether oxygens (including phenoxy) is 1. The van der Waals surface area contributed by atoms with Gasteiger partial charge in [-0.2, -0.15) is 0 Å². The number of hydrogen-bond donors (Lipinski definition) is 1. The lowest BCUT2D eigenvalue weighted by molar-refractivity contribution is 0.353. The van der Waals surface area contributed by atoms with Crippen molar-refractivity contribution in [2.24, 2.45) is 4.99 Å². The molecule has 24 heavy (non-hydrogen) atoms. The summed E-state index contributed by atoms with van der Waals surface area (Å²) in [4.78, 5) is 7.33. The van der Waals surface area contributed by atoms with Gasteiger partial charge in [0.2, 0.25) is 0 Å². The zero-order chi connectivity index (χ0) is 16.8. The molecule has 0 aromatic heterocycles. The maximum absolute atomic E-state index is 5.25. The summed E-state index contributed by atoms with van der Waals surface area (Å²) in [6.45, 7) is 6.12. The predicted octanol–water partition coefficient (Wildman–Crippen LogP) is 3.18. The highest BCUT2D eigenvalue weighted by atomic mass is 16.5. The Balaban J connectivity index is 1.84. The van der Waals surface area contributed by atoms with Crippen molar-refractivity contribution in [2.45, 2.75) is 13.3 Å². The fourth-order valence-corrected chi connectivity index (χ4v) is 2.84. The molecule has 126 valence electrons. The Bertz CT molecular complexity index is 671. The largest absolute Gasteiger partial charge is 0.497 e. The van der Waals surface area contributed by atoms with Gasteiger partial charge in [0.25, 0.3) is 0 Å². The zero-order valence-corrected chi connectivity index (χ0v) is 14.5. The van der Waals surface area contributed by atoms with E-state index in [-0.39, 0.29) is 0 Å². The summed E-state index contributed by atoms with van der Waals surface area (Å²) in [5.41, 5.74) is 3.52. The number of aliphatic imine (C=N–C) groups is 1. The molecule has 0 aliphatic carbocycles. The Morgan fingerprint density at radius 3 is 2.33 bits per heavy atom. The maximum Gasteiger partial charge on any atom is 0.118 e. The second kappa shape index (κ2) is 7.97. The molecule has 4 heteroatoms. The van der Waals surface area contributed by atoms with Gasteiger partial charge in [0.05, 0.1) is 12.8 Å². The summed E-state index contributed by atoms with van der Waals surface area (Å²) in [7, 11) is 1.69. The van der Waals surface area contributed by atoms with Crippen molar-refractivity contribution >= 4 is 11.5 Å². The number of benzene rings is 2. The van der Waals surface area contributed by atoms with Gasteiger partial charge in [0.1, 0.15) is 11.6 Å². The minimum atomic E-state index is 0.831. The monoisotopic (exact) mass is 323 g/mol. The van der Waals surface area contributed by atoms with Gasteiger partial charge in [-0.05, 0) is 36.8 Å². The van der Waals surface area contributed by atoms with Crippen LogP contribution in [-0.4, -0.2) is 44.0 Å². The van der Waals surface area contributed by atoms with Gasteiger partial charge < -0.3 is 15.0 Å². The van der Waals surface area contributed by atoms with E-state index in [0.717, 1.165) is 49.9 Å². The summed E-state index contributed by atoms with van der Waals surface area (Å²) in [5.74, 6) is 2.02. The number of piperazine rings is 1. The Kier molecular flexibility index (Phi) is 5.49. The van der Waals surface area contributed by atoms with Crippen molar-refractivity contribution in [1.82, 2.24) is 10.2 Å². The Hall–Kier alpha value is -2.33. The van der Waals surface area contributed by atoms with E-state index in [1.165, 1.54) is 11.1 Å². The van der Waals surface area contributed by atoms with Crippen molar-refractivity contribution in [1.29, 1.82) is 0 Å². The van der Waals surface area contributed by atoms with E-state index in [1.54, 1.807) is 7.11 Å². The predicted molar refractivity (Wildman–Crippen MR) is 99.4 cm³/mol. The van der Waals surface area contributed by atoms with Crippen LogP contribution in [-0.2, 0) is 6.42 Å². The molecule has 0 radical (unpaired) electrons. The van der Waals surface area contributed by atoms with Crippen LogP contribution in [0.1, 0.15) is 11.1 Å². The van der Waals surface area contributed by atoms with Crippen molar-refractivity contribution in [3.63, 3.8) is 0 Å². The highest BCUT2D eigenvalue weighted by molar-refractivity contribution is 5.87. The molecule has 1 fully saturated rings. The molecule has 1 aliphatic rings. The molecule has 3 rings (SSSR count). The van der Waals surface area contributed by atoms with E-state index in [1.807, 2.05) is 12.1 Å². The molecule has 0 amide bonds. The number of aryl methyl sites for hydroxylation is 1. The van der Waals surface area contributed by atoms with E-state index in [9.17, 15) is 0 Å². The van der Waals surface area contributed by atoms with E-state index in [4.69, 9.17) is 9.73 Å². The topological polar surface area (TPSA) is 36.9 Å². The first kappa shape index (κ1) is 16.5. The van der Waals surface area contributed by atoms with Crippen LogP contribution in [0.25, 0.3) is 0 Å². The molecule has 0 saturated carbocycles. The number of amidine groups is 1. The first-order valence-electron chi connectivity index (χ1n) is 8.47. The van der Waals surface area contributed by atoms with Crippen LogP contribution in [0, 0.1) is 6.92 Å². The Morgan fingerprint density at radius 1 is 1.04 bits per heavy atom. The summed E-state index contributed by atoms with van der Waals surface area (Å²) in [6, 6.07) is 16.7. The number of rotatable bonds is 4. The zero-order valence-electron chi connectivity index (χ0n) is 14.5. The fraction of sp³-hybridized carbons (Fsp3) is 0.350. The van der Waals surface area contributed by atoms with Crippen LogP contribution in [0.4, 0.5) is 5.69 Å². The van der Waals surface area contributed by atoms with Gasteiger partial charge in [0.15, 0.2) is 0 Å². The fourth-order valence-electron chi connectivity index (χ4n) is 2.84. The molecule has 1 saturated heterocycles. The molecule has 4 nitrogen and oxygen atoms in total. The Labute approximate surface area is 144 Å². The number of methoxy groups -OCH3 is 1. The van der Waals surface area contributed by atoms with Crippen molar-refractivity contribution in [3.8, 4) is 5.75 Å². The minimum Gasteiger partial charge on any atom is -0.497 e. The SMILES string of the molecule is COc1ccc(CC(=Nc2ccc(C)cc2)N2CCNCC2)cc1. The quantitative estimate of drug-likeness (QED) is 0.693. The van der Waals surface area contributed by atoms with Crippen LogP contribution in [0.15, 0.2) is 53.5 Å². The highest BCUT2D eigenvalue weighted by Gasteiger charge is 2.15. The first-order valence-corrected chi connectivity index (χ1v) is 8.47. The smallest absolute Gasteiger partial charge is 0.118 e. The number of hydrogen-bond acceptors (Lipinski definition) is 3. The molecule has 0 atom stereocenters. The number of nitrogens with zero attached hydrogens (tertiary/aromatic N) is 2. The molecule has 0 bridgehead atoms. The average molecular weight is 323 g/mol. The lowest BCUT2D eigenvalue weighted by Crippen LogP contribution is -2.47. The van der Waals surface area contributed by atoms with Crippen LogP contribution in [0.3, 0.4) is 0 Å². The summed E-state index contributed by atoms with van der Waals surface area (Å²) in [6.07, 6.45) is 0.831. The van der Waals surface area contributed by atoms with Crippen LogP contribution in [0.5, 0.6) is 5.75 Å². The average Bonchev–Trinajstić information content (AvgIpc) is 2.64. The molecule has 1 N–H and O–H groups in total. The van der Waals surface area contributed by atoms with Crippen LogP contribution in [0.2, 0.25) is 0 Å². The molecular formula is C20H25N3O. The van der Waals surface area contributed by atoms with E-state index < -0.39 is 0 Å².